The number of aryl methyl sites for hydroxylation is 1. The molecule has 164 valence electrons. The van der Waals surface area contributed by atoms with Crippen LogP contribution in [-0.4, -0.2) is 21.5 Å². The first-order chi connectivity index (χ1) is 15.8. The smallest absolute Gasteiger partial charge is 0.266 e. The first-order valence-corrected chi connectivity index (χ1v) is 11.9. The number of hydrogen-bond acceptors (Lipinski definition) is 3. The molecule has 5 nitrogen and oxygen atoms in total. The van der Waals surface area contributed by atoms with Crippen LogP contribution in [0.4, 0.5) is 5.69 Å². The summed E-state index contributed by atoms with van der Waals surface area (Å²) >= 11 is 2.20. The normalized spacial score (nSPS) is 14.5. The van der Waals surface area contributed by atoms with Crippen molar-refractivity contribution in [2.75, 3.05) is 4.90 Å². The molecule has 0 bridgehead atoms. The molecule has 6 heteroatoms. The highest BCUT2D eigenvalue weighted by molar-refractivity contribution is 14.1. The predicted molar refractivity (Wildman–Crippen MR) is 142 cm³/mol. The molecule has 5 rings (SSSR count). The molecular weight excluding hydrogens is 525 g/mol. The van der Waals surface area contributed by atoms with E-state index in [1.54, 1.807) is 15.5 Å². The summed E-state index contributed by atoms with van der Waals surface area (Å²) in [6, 6.07) is 21.2. The maximum atomic E-state index is 13.7. The fraction of sp³-hybridized carbons (Fsp3) is 0.148. The summed E-state index contributed by atoms with van der Waals surface area (Å²) in [5.74, 6) is 0.349. The molecule has 1 aliphatic rings. The van der Waals surface area contributed by atoms with Crippen LogP contribution in [0, 0.1) is 10.5 Å². The van der Waals surface area contributed by atoms with Gasteiger partial charge in [-0.05, 0) is 91.4 Å². The fourth-order valence-electron chi connectivity index (χ4n) is 4.34. The third kappa shape index (κ3) is 3.68. The fourth-order valence-corrected chi connectivity index (χ4v) is 4.83. The second kappa shape index (κ2) is 8.26. The van der Waals surface area contributed by atoms with E-state index < -0.39 is 0 Å². The van der Waals surface area contributed by atoms with Gasteiger partial charge in [-0.25, -0.2) is 4.98 Å². The van der Waals surface area contributed by atoms with E-state index in [0.717, 1.165) is 26.1 Å². The van der Waals surface area contributed by atoms with Crippen LogP contribution in [0.2, 0.25) is 0 Å². The highest BCUT2D eigenvalue weighted by atomic mass is 127. The third-order valence-corrected chi connectivity index (χ3v) is 6.48. The van der Waals surface area contributed by atoms with Gasteiger partial charge in [0.2, 0.25) is 0 Å². The Balaban J connectivity index is 1.83. The zero-order chi connectivity index (χ0) is 23.3. The van der Waals surface area contributed by atoms with Crippen LogP contribution in [0.3, 0.4) is 0 Å². The summed E-state index contributed by atoms with van der Waals surface area (Å²) in [5.41, 5.74) is 4.48. The van der Waals surface area contributed by atoms with Gasteiger partial charge in [0.05, 0.1) is 27.9 Å². The van der Waals surface area contributed by atoms with E-state index in [-0.39, 0.29) is 17.5 Å². The monoisotopic (exact) mass is 547 g/mol. The van der Waals surface area contributed by atoms with Crippen molar-refractivity contribution in [3.63, 3.8) is 0 Å². The van der Waals surface area contributed by atoms with Crippen LogP contribution >= 0.6 is 22.6 Å². The van der Waals surface area contributed by atoms with Crippen molar-refractivity contribution in [3.05, 3.63) is 97.6 Å². The zero-order valence-corrected chi connectivity index (χ0v) is 20.7. The molecule has 0 saturated carbocycles. The summed E-state index contributed by atoms with van der Waals surface area (Å²) < 4.78 is 2.57. The number of aromatic nitrogens is 2. The first-order valence-electron chi connectivity index (χ1n) is 10.8. The van der Waals surface area contributed by atoms with Crippen LogP contribution in [-0.2, 0) is 4.79 Å². The van der Waals surface area contributed by atoms with Crippen molar-refractivity contribution >= 4 is 56.7 Å². The van der Waals surface area contributed by atoms with Crippen molar-refractivity contribution in [2.24, 2.45) is 0 Å². The van der Waals surface area contributed by atoms with Crippen molar-refractivity contribution in [3.8, 4) is 5.69 Å². The Kier molecular flexibility index (Phi) is 5.40. The highest BCUT2D eigenvalue weighted by Gasteiger charge is 2.34. The second-order valence-corrected chi connectivity index (χ2v) is 9.70. The van der Waals surface area contributed by atoms with Crippen molar-refractivity contribution in [2.45, 2.75) is 26.8 Å². The summed E-state index contributed by atoms with van der Waals surface area (Å²) in [6.07, 6.45) is 1.75. The Bertz CT molecular complexity index is 1520. The molecule has 3 aromatic carbocycles. The minimum atomic E-state index is -0.157. The lowest BCUT2D eigenvalue weighted by Crippen LogP contribution is -2.33. The minimum absolute atomic E-state index is 0.00940. The maximum Gasteiger partial charge on any atom is 0.266 e. The number of carbonyl (C=O) groups is 1. The van der Waals surface area contributed by atoms with Gasteiger partial charge in [-0.1, -0.05) is 30.3 Å². The number of halogens is 1. The molecule has 1 aromatic heterocycles. The molecule has 0 radical (unpaired) electrons. The van der Waals surface area contributed by atoms with Gasteiger partial charge in [-0.2, -0.15) is 0 Å². The van der Waals surface area contributed by atoms with E-state index in [1.165, 1.54) is 0 Å². The Hall–Kier alpha value is -3.26. The largest absolute Gasteiger partial charge is 0.305 e. The van der Waals surface area contributed by atoms with Crippen LogP contribution in [0.15, 0.2) is 71.5 Å². The Morgan fingerprint density at radius 2 is 1.76 bits per heavy atom. The average Bonchev–Trinajstić information content (AvgIpc) is 3.06. The Morgan fingerprint density at radius 1 is 0.970 bits per heavy atom. The van der Waals surface area contributed by atoms with Gasteiger partial charge in [-0.3, -0.25) is 14.2 Å². The Labute approximate surface area is 205 Å². The minimum Gasteiger partial charge on any atom is -0.305 e. The highest BCUT2D eigenvalue weighted by Crippen LogP contribution is 2.38. The lowest BCUT2D eigenvalue weighted by Gasteiger charge is -2.21. The van der Waals surface area contributed by atoms with Gasteiger partial charge in [0, 0.05) is 15.2 Å². The Morgan fingerprint density at radius 3 is 2.52 bits per heavy atom. The lowest BCUT2D eigenvalue weighted by molar-refractivity contribution is -0.113. The summed E-state index contributed by atoms with van der Waals surface area (Å²) in [6.45, 7) is 5.98. The van der Waals surface area contributed by atoms with Gasteiger partial charge in [0.25, 0.3) is 11.5 Å². The SMILES string of the molecule is Cc1cccc(-n2c(C=C3C(=O)N(C(C)C)c4ccccc43)nc3ccc(I)cc3c2=O)c1. The van der Waals surface area contributed by atoms with Crippen molar-refractivity contribution < 1.29 is 4.79 Å². The van der Waals surface area contributed by atoms with E-state index in [4.69, 9.17) is 4.98 Å². The number of hydrogen-bond donors (Lipinski definition) is 0. The predicted octanol–water partition coefficient (Wildman–Crippen LogP) is 5.59. The number of rotatable bonds is 3. The van der Waals surface area contributed by atoms with Gasteiger partial charge in [0.1, 0.15) is 5.82 Å². The number of fused-ring (bicyclic) bond motifs is 2. The van der Waals surface area contributed by atoms with E-state index in [9.17, 15) is 9.59 Å². The van der Waals surface area contributed by atoms with Gasteiger partial charge < -0.3 is 4.90 Å². The van der Waals surface area contributed by atoms with Gasteiger partial charge in [-0.15, -0.1) is 0 Å². The van der Waals surface area contributed by atoms with Crippen LogP contribution < -0.4 is 10.5 Å². The molecule has 33 heavy (non-hydrogen) atoms. The first kappa shape index (κ1) is 21.6. The number of benzene rings is 3. The van der Waals surface area contributed by atoms with Crippen molar-refractivity contribution in [1.29, 1.82) is 0 Å². The molecule has 0 N–H and O–H groups in total. The molecule has 2 heterocycles. The average molecular weight is 547 g/mol. The molecular formula is C27H22IN3O2. The van der Waals surface area contributed by atoms with Gasteiger partial charge >= 0.3 is 0 Å². The number of anilines is 1. The molecule has 4 aromatic rings. The quantitative estimate of drug-likeness (QED) is 0.248. The van der Waals surface area contributed by atoms with E-state index in [2.05, 4.69) is 22.6 Å². The third-order valence-electron chi connectivity index (χ3n) is 5.81. The summed E-state index contributed by atoms with van der Waals surface area (Å²) in [5, 5.41) is 0.549. The summed E-state index contributed by atoms with van der Waals surface area (Å²) in [7, 11) is 0. The summed E-state index contributed by atoms with van der Waals surface area (Å²) in [4.78, 5) is 33.8. The molecule has 0 atom stereocenters. The van der Waals surface area contributed by atoms with Crippen LogP contribution in [0.25, 0.3) is 28.2 Å². The second-order valence-electron chi connectivity index (χ2n) is 8.46. The topological polar surface area (TPSA) is 55.2 Å². The van der Waals surface area contributed by atoms with E-state index >= 15 is 0 Å². The van der Waals surface area contributed by atoms with E-state index in [1.807, 2.05) is 87.5 Å². The zero-order valence-electron chi connectivity index (χ0n) is 18.5. The van der Waals surface area contributed by atoms with Crippen LogP contribution in [0.5, 0.6) is 0 Å². The number of nitrogens with zero attached hydrogens (tertiary/aromatic N) is 3. The molecule has 1 amide bonds. The molecule has 0 saturated heterocycles. The molecule has 0 aliphatic carbocycles. The van der Waals surface area contributed by atoms with E-state index in [0.29, 0.717) is 22.3 Å². The molecule has 0 fully saturated rings. The lowest BCUT2D eigenvalue weighted by atomic mass is 10.1. The molecule has 0 spiro atoms. The van der Waals surface area contributed by atoms with Crippen molar-refractivity contribution in [1.82, 2.24) is 9.55 Å². The standard InChI is InChI=1S/C27H22IN3O2/c1-16(2)30-24-10-5-4-9-20(24)21(26(30)32)15-25-29-23-12-11-18(28)14-22(23)27(33)31(25)19-8-6-7-17(3)13-19/h4-16H,1-3H3. The number of carbonyl (C=O) groups excluding carboxylic acids is 1. The van der Waals surface area contributed by atoms with Gasteiger partial charge in [0.15, 0.2) is 0 Å². The number of amides is 1. The molecule has 0 unspecified atom stereocenters. The maximum absolute atomic E-state index is 13.7. The number of para-hydroxylation sites is 1. The molecule has 1 aliphatic heterocycles. The van der Waals surface area contributed by atoms with Crippen LogP contribution in [0.1, 0.15) is 30.8 Å².